The van der Waals surface area contributed by atoms with E-state index in [0.29, 0.717) is 0 Å². The number of hydrogen-bond acceptors (Lipinski definition) is 5. The number of hydrogen-bond donors (Lipinski definition) is 0. The summed E-state index contributed by atoms with van der Waals surface area (Å²) in [6, 6.07) is -0.556. The molecule has 0 unspecified atom stereocenters. The molecule has 1 rings (SSSR count). The average molecular weight is 207 g/mol. The molecule has 13 heavy (non-hydrogen) atoms. The summed E-state index contributed by atoms with van der Waals surface area (Å²) in [7, 11) is -3.52. The Bertz CT molecular complexity index is 321. The Morgan fingerprint density at radius 3 is 2.85 bits per heavy atom. The minimum absolute atomic E-state index is 0.136. The van der Waals surface area contributed by atoms with Gasteiger partial charge in [-0.3, -0.25) is 4.18 Å². The summed E-state index contributed by atoms with van der Waals surface area (Å²) in [5.74, 6) is 0. The van der Waals surface area contributed by atoms with Gasteiger partial charge in [0.05, 0.1) is 25.5 Å². The molecule has 1 aliphatic heterocycles. The van der Waals surface area contributed by atoms with Gasteiger partial charge in [0.2, 0.25) is 0 Å². The molecular formula is C5H9N3O4S. The molecule has 1 fully saturated rings. The van der Waals surface area contributed by atoms with Crippen molar-refractivity contribution in [2.45, 2.75) is 12.1 Å². The van der Waals surface area contributed by atoms with Crippen LogP contribution in [0, 0.1) is 0 Å². The van der Waals surface area contributed by atoms with Crippen molar-refractivity contribution >= 4 is 10.1 Å². The van der Waals surface area contributed by atoms with Crippen molar-refractivity contribution < 1.29 is 17.3 Å². The predicted octanol–water partition coefficient (Wildman–Crippen LogP) is 0.0403. The molecule has 0 radical (unpaired) electrons. The molecule has 7 nitrogen and oxygen atoms in total. The van der Waals surface area contributed by atoms with Gasteiger partial charge in [0, 0.05) is 4.91 Å². The summed E-state index contributed by atoms with van der Waals surface area (Å²) in [6.07, 6.45) is 0.254. The molecule has 0 amide bonds. The number of ether oxygens (including phenoxy) is 1. The van der Waals surface area contributed by atoms with E-state index in [9.17, 15) is 8.42 Å². The molecule has 0 aromatic rings. The Kier molecular flexibility index (Phi) is 3.10. The van der Waals surface area contributed by atoms with Crippen LogP contribution in [0.25, 0.3) is 10.4 Å². The van der Waals surface area contributed by atoms with Gasteiger partial charge >= 0.3 is 0 Å². The number of azide groups is 1. The summed E-state index contributed by atoms with van der Waals surface area (Å²) < 4.78 is 31.0. The largest absolute Gasteiger partial charge is 0.378 e. The molecule has 0 aromatic carbocycles. The summed E-state index contributed by atoms with van der Waals surface area (Å²) in [6.45, 7) is 0.334. The van der Waals surface area contributed by atoms with Crippen LogP contribution < -0.4 is 0 Å². The van der Waals surface area contributed by atoms with Gasteiger partial charge in [0.1, 0.15) is 6.10 Å². The topological polar surface area (TPSA) is 101 Å². The van der Waals surface area contributed by atoms with Crippen LogP contribution in [0.3, 0.4) is 0 Å². The second-order valence-electron chi connectivity index (χ2n) is 2.65. The molecule has 1 aliphatic rings. The van der Waals surface area contributed by atoms with Gasteiger partial charge in [-0.25, -0.2) is 0 Å². The molecule has 1 saturated heterocycles. The zero-order valence-corrected chi connectivity index (χ0v) is 7.77. The van der Waals surface area contributed by atoms with E-state index in [-0.39, 0.29) is 13.2 Å². The Balaban J connectivity index is 2.64. The first-order valence-corrected chi connectivity index (χ1v) is 5.35. The first-order valence-electron chi connectivity index (χ1n) is 3.53. The van der Waals surface area contributed by atoms with E-state index in [4.69, 9.17) is 10.3 Å². The quantitative estimate of drug-likeness (QED) is 0.282. The van der Waals surface area contributed by atoms with Crippen LogP contribution in [0.1, 0.15) is 0 Å². The standard InChI is InChI=1S/C5H9N3O4S/c1-13(9,10)12-5-3-11-2-4(5)7-8-6/h4-5H,2-3H2,1H3/t4-,5-/m1/s1. The van der Waals surface area contributed by atoms with Gasteiger partial charge in [0.25, 0.3) is 10.1 Å². The maximum absolute atomic E-state index is 10.7. The highest BCUT2D eigenvalue weighted by molar-refractivity contribution is 7.86. The van der Waals surface area contributed by atoms with Crippen LogP contribution >= 0.6 is 0 Å². The lowest BCUT2D eigenvalue weighted by Gasteiger charge is -2.10. The van der Waals surface area contributed by atoms with Crippen LogP contribution in [0.15, 0.2) is 5.11 Å². The van der Waals surface area contributed by atoms with Crippen LogP contribution in [0.5, 0.6) is 0 Å². The molecule has 0 N–H and O–H groups in total. The second-order valence-corrected chi connectivity index (χ2v) is 4.25. The Labute approximate surface area is 75.4 Å². The van der Waals surface area contributed by atoms with Gasteiger partial charge in [-0.2, -0.15) is 8.42 Å². The monoisotopic (exact) mass is 207 g/mol. The highest BCUT2D eigenvalue weighted by Crippen LogP contribution is 2.15. The maximum Gasteiger partial charge on any atom is 0.264 e. The van der Waals surface area contributed by atoms with Crippen LogP contribution in [0.4, 0.5) is 0 Å². The normalized spacial score (nSPS) is 28.4. The van der Waals surface area contributed by atoms with Gasteiger partial charge < -0.3 is 4.74 Å². The molecule has 0 spiro atoms. The molecule has 0 saturated carbocycles. The van der Waals surface area contributed by atoms with E-state index in [1.54, 1.807) is 0 Å². The zero-order valence-electron chi connectivity index (χ0n) is 6.95. The van der Waals surface area contributed by atoms with Crippen molar-refractivity contribution in [2.24, 2.45) is 5.11 Å². The lowest BCUT2D eigenvalue weighted by Crippen LogP contribution is -2.27. The van der Waals surface area contributed by atoms with Gasteiger partial charge in [-0.1, -0.05) is 5.11 Å². The summed E-state index contributed by atoms with van der Waals surface area (Å²) >= 11 is 0. The highest BCUT2D eigenvalue weighted by atomic mass is 32.2. The molecule has 8 heteroatoms. The Morgan fingerprint density at radius 1 is 1.62 bits per heavy atom. The fourth-order valence-corrected chi connectivity index (χ4v) is 1.65. The van der Waals surface area contributed by atoms with Crippen molar-refractivity contribution in [3.63, 3.8) is 0 Å². The zero-order chi connectivity index (χ0) is 9.90. The highest BCUT2D eigenvalue weighted by Gasteiger charge is 2.31. The fraction of sp³-hybridized carbons (Fsp3) is 1.00. The van der Waals surface area contributed by atoms with E-state index in [2.05, 4.69) is 14.2 Å². The molecule has 0 aromatic heterocycles. The van der Waals surface area contributed by atoms with Crippen LogP contribution in [-0.2, 0) is 19.0 Å². The third kappa shape index (κ3) is 3.19. The predicted molar refractivity (Wildman–Crippen MR) is 43.5 cm³/mol. The van der Waals surface area contributed by atoms with Crippen molar-refractivity contribution in [3.8, 4) is 0 Å². The molecule has 1 heterocycles. The average Bonchev–Trinajstić information content (AvgIpc) is 2.34. The maximum atomic E-state index is 10.7. The first-order chi connectivity index (χ1) is 6.03. The molecule has 2 atom stereocenters. The van der Waals surface area contributed by atoms with Crippen molar-refractivity contribution in [1.82, 2.24) is 0 Å². The minimum Gasteiger partial charge on any atom is -0.378 e. The lowest BCUT2D eigenvalue weighted by molar-refractivity contribution is 0.145. The third-order valence-electron chi connectivity index (χ3n) is 1.50. The second kappa shape index (κ2) is 3.93. The van der Waals surface area contributed by atoms with E-state index in [1.807, 2.05) is 0 Å². The summed E-state index contributed by atoms with van der Waals surface area (Å²) in [5, 5.41) is 3.36. The van der Waals surface area contributed by atoms with Crippen LogP contribution in [0.2, 0.25) is 0 Å². The van der Waals surface area contributed by atoms with E-state index in [0.717, 1.165) is 6.26 Å². The molecular weight excluding hydrogens is 198 g/mol. The van der Waals surface area contributed by atoms with Gasteiger partial charge in [-0.15, -0.1) is 0 Å². The molecule has 0 bridgehead atoms. The fourth-order valence-electron chi connectivity index (χ4n) is 1.01. The Hall–Kier alpha value is -0.820. The van der Waals surface area contributed by atoms with E-state index < -0.39 is 22.3 Å². The summed E-state index contributed by atoms with van der Waals surface area (Å²) in [4.78, 5) is 2.57. The third-order valence-corrected chi connectivity index (χ3v) is 2.10. The van der Waals surface area contributed by atoms with Gasteiger partial charge in [-0.05, 0) is 5.53 Å². The number of rotatable bonds is 3. The SMILES string of the molecule is CS(=O)(=O)O[C@@H]1COC[C@H]1N=[N+]=[N-]. The lowest BCUT2D eigenvalue weighted by atomic mass is 10.2. The first kappa shape index (κ1) is 10.3. The summed E-state index contributed by atoms with van der Waals surface area (Å²) in [5.41, 5.74) is 8.14. The Morgan fingerprint density at radius 2 is 2.31 bits per heavy atom. The van der Waals surface area contributed by atoms with E-state index in [1.165, 1.54) is 0 Å². The van der Waals surface area contributed by atoms with E-state index >= 15 is 0 Å². The smallest absolute Gasteiger partial charge is 0.264 e. The van der Waals surface area contributed by atoms with Gasteiger partial charge in [0.15, 0.2) is 0 Å². The number of nitrogens with zero attached hydrogens (tertiary/aromatic N) is 3. The van der Waals surface area contributed by atoms with Crippen molar-refractivity contribution in [2.75, 3.05) is 19.5 Å². The van der Waals surface area contributed by atoms with Crippen LogP contribution in [-0.4, -0.2) is 40.0 Å². The molecule has 0 aliphatic carbocycles. The van der Waals surface area contributed by atoms with Crippen molar-refractivity contribution in [3.05, 3.63) is 10.4 Å². The molecule has 74 valence electrons. The minimum atomic E-state index is -3.52. The van der Waals surface area contributed by atoms with Crippen molar-refractivity contribution in [1.29, 1.82) is 0 Å².